The van der Waals surface area contributed by atoms with E-state index < -0.39 is 12.0 Å². The van der Waals surface area contributed by atoms with E-state index in [2.05, 4.69) is 0 Å². The largest absolute Gasteiger partial charge is 0.493 e. The van der Waals surface area contributed by atoms with Crippen molar-refractivity contribution in [2.45, 2.75) is 32.3 Å². The van der Waals surface area contributed by atoms with Gasteiger partial charge in [-0.15, -0.1) is 0 Å². The second kappa shape index (κ2) is 5.25. The summed E-state index contributed by atoms with van der Waals surface area (Å²) < 4.78 is 29.8. The third kappa shape index (κ3) is 3.77. The van der Waals surface area contributed by atoms with Crippen LogP contribution in [0.2, 0.25) is 0 Å². The van der Waals surface area contributed by atoms with Gasteiger partial charge in [0, 0.05) is 6.42 Å². The van der Waals surface area contributed by atoms with Crippen LogP contribution < -0.4 is 4.74 Å². The molecule has 0 amide bonds. The number of aryl methyl sites for hydroxylation is 1. The molecule has 1 atom stereocenters. The molecule has 0 radical (unpaired) electrons. The Morgan fingerprint density at radius 3 is 2.38 bits per heavy atom. The molecule has 0 saturated carbocycles. The molecule has 0 spiro atoms. The first-order valence-corrected chi connectivity index (χ1v) is 5.12. The molecule has 1 rings (SSSR count). The van der Waals surface area contributed by atoms with E-state index in [4.69, 9.17) is 4.74 Å². The van der Waals surface area contributed by atoms with Crippen molar-refractivity contribution in [1.82, 2.24) is 0 Å². The lowest BCUT2D eigenvalue weighted by molar-refractivity contribution is -0.0926. The second-order valence-corrected chi connectivity index (χ2v) is 4.07. The lowest BCUT2D eigenvalue weighted by atomic mass is 10.0. The van der Waals surface area contributed by atoms with Gasteiger partial charge in [-0.05, 0) is 26.0 Å². The van der Waals surface area contributed by atoms with Crippen molar-refractivity contribution in [3.63, 3.8) is 0 Å². The molecule has 0 bridgehead atoms. The summed E-state index contributed by atoms with van der Waals surface area (Å²) >= 11 is 0. The number of rotatable bonds is 5. The highest BCUT2D eigenvalue weighted by Crippen LogP contribution is 2.20. The highest BCUT2D eigenvalue weighted by molar-refractivity contribution is 5.26. The average Bonchev–Trinajstić information content (AvgIpc) is 2.20. The molecule has 4 heteroatoms. The molecule has 0 fully saturated rings. The minimum Gasteiger partial charge on any atom is -0.493 e. The molecule has 1 aromatic rings. The molecule has 0 saturated heterocycles. The van der Waals surface area contributed by atoms with Crippen molar-refractivity contribution in [3.05, 3.63) is 29.8 Å². The highest BCUT2D eigenvalue weighted by Gasteiger charge is 2.31. The zero-order valence-corrected chi connectivity index (χ0v) is 9.41. The van der Waals surface area contributed by atoms with Gasteiger partial charge in [-0.2, -0.15) is 0 Å². The summed E-state index contributed by atoms with van der Waals surface area (Å²) in [5.74, 6) is 0.621. The fraction of sp³-hybridized carbons (Fsp3) is 0.500. The van der Waals surface area contributed by atoms with Crippen LogP contribution in [0.4, 0.5) is 8.78 Å². The molecular formula is C12H16F2O2. The fourth-order valence-corrected chi connectivity index (χ4v) is 1.12. The van der Waals surface area contributed by atoms with E-state index in [-0.39, 0.29) is 13.0 Å². The van der Waals surface area contributed by atoms with Gasteiger partial charge in [0.05, 0.1) is 6.61 Å². The van der Waals surface area contributed by atoms with Crippen LogP contribution in [0.3, 0.4) is 0 Å². The van der Waals surface area contributed by atoms with Gasteiger partial charge in [0.1, 0.15) is 11.4 Å². The summed E-state index contributed by atoms with van der Waals surface area (Å²) in [6.07, 6.45) is -2.85. The lowest BCUT2D eigenvalue weighted by Crippen LogP contribution is -2.35. The molecule has 1 N–H and O–H groups in total. The Kier molecular flexibility index (Phi) is 4.24. The van der Waals surface area contributed by atoms with Crippen LogP contribution >= 0.6 is 0 Å². The van der Waals surface area contributed by atoms with E-state index in [1.807, 2.05) is 19.1 Å². The molecule has 0 aliphatic rings. The number of benzene rings is 1. The number of halogens is 2. The van der Waals surface area contributed by atoms with Gasteiger partial charge >= 0.3 is 0 Å². The van der Waals surface area contributed by atoms with Gasteiger partial charge in [-0.25, -0.2) is 8.78 Å². The molecule has 0 aromatic heterocycles. The first kappa shape index (κ1) is 12.9. The van der Waals surface area contributed by atoms with Crippen molar-refractivity contribution < 1.29 is 18.6 Å². The Morgan fingerprint density at radius 1 is 1.31 bits per heavy atom. The number of aliphatic hydroxyl groups is 1. The Balaban J connectivity index is 2.39. The summed E-state index contributed by atoms with van der Waals surface area (Å²) in [6.45, 7) is 3.13. The fourth-order valence-electron chi connectivity index (χ4n) is 1.12. The first-order chi connectivity index (χ1) is 7.42. The molecule has 1 aromatic carbocycles. The predicted octanol–water partition coefficient (Wildman–Crippen LogP) is 2.78. The van der Waals surface area contributed by atoms with Gasteiger partial charge in [0.2, 0.25) is 0 Å². The molecular weight excluding hydrogens is 214 g/mol. The van der Waals surface area contributed by atoms with Crippen molar-refractivity contribution in [1.29, 1.82) is 0 Å². The van der Waals surface area contributed by atoms with E-state index in [0.29, 0.717) is 5.75 Å². The number of ether oxygens (including phenoxy) is 1. The zero-order valence-electron chi connectivity index (χ0n) is 9.41. The monoisotopic (exact) mass is 230 g/mol. The Morgan fingerprint density at radius 2 is 1.88 bits per heavy atom. The molecule has 2 nitrogen and oxygen atoms in total. The maximum absolute atomic E-state index is 12.3. The summed E-state index contributed by atoms with van der Waals surface area (Å²) in [6, 6.07) is 7.29. The van der Waals surface area contributed by atoms with Crippen LogP contribution in [0, 0.1) is 6.92 Å². The van der Waals surface area contributed by atoms with Gasteiger partial charge in [-0.3, -0.25) is 0 Å². The number of alkyl halides is 2. The predicted molar refractivity (Wildman–Crippen MR) is 57.9 cm³/mol. The summed E-state index contributed by atoms with van der Waals surface area (Å²) in [4.78, 5) is 0. The van der Waals surface area contributed by atoms with E-state index in [1.54, 1.807) is 12.1 Å². The van der Waals surface area contributed by atoms with E-state index >= 15 is 0 Å². The van der Waals surface area contributed by atoms with Gasteiger partial charge in [0.25, 0.3) is 6.43 Å². The molecule has 0 heterocycles. The van der Waals surface area contributed by atoms with E-state index in [9.17, 15) is 13.9 Å². The zero-order chi connectivity index (χ0) is 12.2. The summed E-state index contributed by atoms with van der Waals surface area (Å²) in [5.41, 5.74) is -0.878. The van der Waals surface area contributed by atoms with Crippen LogP contribution in [-0.4, -0.2) is 23.7 Å². The van der Waals surface area contributed by atoms with Crippen LogP contribution in [0.1, 0.15) is 18.9 Å². The molecule has 1 unspecified atom stereocenters. The van der Waals surface area contributed by atoms with Gasteiger partial charge in [-0.1, -0.05) is 17.7 Å². The van der Waals surface area contributed by atoms with E-state index in [1.165, 1.54) is 0 Å². The van der Waals surface area contributed by atoms with Crippen molar-refractivity contribution >= 4 is 0 Å². The number of hydrogen-bond donors (Lipinski definition) is 1. The smallest absolute Gasteiger partial charge is 0.266 e. The standard InChI is InChI=1S/C12H16F2O2/c1-9-3-5-10(6-4-9)16-8-7-12(2,15)11(13)14/h3-6,11,15H,7-8H2,1-2H3. The topological polar surface area (TPSA) is 29.5 Å². The minimum atomic E-state index is -2.76. The second-order valence-electron chi connectivity index (χ2n) is 4.07. The maximum Gasteiger partial charge on any atom is 0.266 e. The van der Waals surface area contributed by atoms with Gasteiger partial charge in [0.15, 0.2) is 0 Å². The van der Waals surface area contributed by atoms with E-state index in [0.717, 1.165) is 12.5 Å². The van der Waals surface area contributed by atoms with Crippen molar-refractivity contribution in [2.75, 3.05) is 6.61 Å². The Labute approximate surface area is 93.9 Å². The molecule has 90 valence electrons. The normalized spacial score (nSPS) is 14.9. The third-order valence-corrected chi connectivity index (χ3v) is 2.37. The Bertz CT molecular complexity index is 320. The molecule has 16 heavy (non-hydrogen) atoms. The van der Waals surface area contributed by atoms with Crippen LogP contribution in [-0.2, 0) is 0 Å². The van der Waals surface area contributed by atoms with Crippen LogP contribution in [0.15, 0.2) is 24.3 Å². The number of hydrogen-bond acceptors (Lipinski definition) is 2. The molecule has 0 aliphatic heterocycles. The third-order valence-electron chi connectivity index (χ3n) is 2.37. The lowest BCUT2D eigenvalue weighted by Gasteiger charge is -2.21. The summed E-state index contributed by atoms with van der Waals surface area (Å²) in [7, 11) is 0. The van der Waals surface area contributed by atoms with Crippen LogP contribution in [0.25, 0.3) is 0 Å². The first-order valence-electron chi connectivity index (χ1n) is 5.12. The SMILES string of the molecule is Cc1ccc(OCCC(C)(O)C(F)F)cc1. The molecule has 0 aliphatic carbocycles. The van der Waals surface area contributed by atoms with Gasteiger partial charge < -0.3 is 9.84 Å². The highest BCUT2D eigenvalue weighted by atomic mass is 19.3. The maximum atomic E-state index is 12.3. The summed E-state index contributed by atoms with van der Waals surface area (Å²) in [5, 5.41) is 9.28. The average molecular weight is 230 g/mol. The van der Waals surface area contributed by atoms with Crippen molar-refractivity contribution in [2.24, 2.45) is 0 Å². The van der Waals surface area contributed by atoms with Crippen LogP contribution in [0.5, 0.6) is 5.75 Å². The van der Waals surface area contributed by atoms with Crippen molar-refractivity contribution in [3.8, 4) is 5.75 Å². The Hall–Kier alpha value is -1.16. The minimum absolute atomic E-state index is 0.0698. The quantitative estimate of drug-likeness (QED) is 0.842.